The third kappa shape index (κ3) is 2.48. The van der Waals surface area contributed by atoms with Crippen molar-refractivity contribution in [3.63, 3.8) is 0 Å². The van der Waals surface area contributed by atoms with Crippen LogP contribution < -0.4 is 10.2 Å². The van der Waals surface area contributed by atoms with E-state index in [1.807, 2.05) is 41.9 Å². The highest BCUT2D eigenvalue weighted by molar-refractivity contribution is 8.00. The molecule has 0 aliphatic carbocycles. The van der Waals surface area contributed by atoms with Crippen LogP contribution in [0.4, 0.5) is 0 Å². The van der Waals surface area contributed by atoms with Crippen molar-refractivity contribution < 1.29 is 4.74 Å². The van der Waals surface area contributed by atoms with Crippen LogP contribution in [0.25, 0.3) is 5.03 Å². The van der Waals surface area contributed by atoms with E-state index in [1.165, 1.54) is 0 Å². The summed E-state index contributed by atoms with van der Waals surface area (Å²) in [5.41, 5.74) is 4.23. The maximum absolute atomic E-state index is 6.35. The lowest BCUT2D eigenvalue weighted by Crippen LogP contribution is -2.17. The number of halogens is 1. The molecule has 0 bridgehead atoms. The average Bonchev–Trinajstić information content (AvgIpc) is 3.01. The minimum absolute atomic E-state index is 0.0498. The van der Waals surface area contributed by atoms with E-state index >= 15 is 0 Å². The van der Waals surface area contributed by atoms with Crippen molar-refractivity contribution in [3.05, 3.63) is 41.7 Å². The van der Waals surface area contributed by atoms with Gasteiger partial charge in [0.25, 0.3) is 0 Å². The quantitative estimate of drug-likeness (QED) is 0.945. The first-order valence-electron chi connectivity index (χ1n) is 6.04. The molecule has 0 amide bonds. The number of thioether (sulfide) groups is 1. The van der Waals surface area contributed by atoms with Gasteiger partial charge in [-0.05, 0) is 42.8 Å². The summed E-state index contributed by atoms with van der Waals surface area (Å²) < 4.78 is 6.99. The molecule has 3 rings (SSSR count). The van der Waals surface area contributed by atoms with Gasteiger partial charge in [0, 0.05) is 5.03 Å². The van der Waals surface area contributed by atoms with Gasteiger partial charge in [-0.25, -0.2) is 4.68 Å². The molecule has 1 N–H and O–H groups in total. The molecular formula is C13H13ClN4OS. The van der Waals surface area contributed by atoms with Gasteiger partial charge in [-0.3, -0.25) is 0 Å². The van der Waals surface area contributed by atoms with Crippen LogP contribution in [-0.2, 0) is 0 Å². The Bertz CT molecular complexity index is 653. The maximum atomic E-state index is 6.35. The van der Waals surface area contributed by atoms with Gasteiger partial charge >= 0.3 is 0 Å². The lowest BCUT2D eigenvalue weighted by atomic mass is 10.2. The number of hydrogen-bond donors (Lipinski definition) is 1. The molecule has 2 heterocycles. The maximum Gasteiger partial charge on any atom is 0.212 e. The number of nitrogens with zero attached hydrogens (tertiary/aromatic N) is 3. The number of hydrogen-bond acceptors (Lipinski definition) is 5. The van der Waals surface area contributed by atoms with Crippen LogP contribution in [0.1, 0.15) is 11.4 Å². The molecule has 1 aliphatic heterocycles. The third-order valence-electron chi connectivity index (χ3n) is 2.95. The number of ether oxygens (including phenoxy) is 1. The Labute approximate surface area is 126 Å². The molecule has 0 spiro atoms. The molecule has 5 nitrogen and oxygen atoms in total. The van der Waals surface area contributed by atoms with Gasteiger partial charge in [0.1, 0.15) is 16.9 Å². The fourth-order valence-corrected chi connectivity index (χ4v) is 3.18. The number of nitrogens with one attached hydrogen (secondary N) is 1. The van der Waals surface area contributed by atoms with Crippen LogP contribution in [0.2, 0.25) is 0 Å². The first kappa shape index (κ1) is 13.3. The molecule has 1 aromatic carbocycles. The molecule has 20 heavy (non-hydrogen) atoms. The van der Waals surface area contributed by atoms with E-state index in [2.05, 4.69) is 15.6 Å². The summed E-state index contributed by atoms with van der Waals surface area (Å²) in [7, 11) is 1.64. The number of rotatable bonds is 3. The molecule has 0 saturated heterocycles. The normalized spacial score (nSPS) is 17.8. The summed E-state index contributed by atoms with van der Waals surface area (Å²) in [4.78, 5) is 0. The van der Waals surface area contributed by atoms with E-state index in [0.29, 0.717) is 5.03 Å². The van der Waals surface area contributed by atoms with Crippen LogP contribution in [0, 0.1) is 6.92 Å². The van der Waals surface area contributed by atoms with Crippen molar-refractivity contribution in [1.29, 1.82) is 0 Å². The van der Waals surface area contributed by atoms with E-state index in [-0.39, 0.29) is 5.37 Å². The van der Waals surface area contributed by atoms with Crippen LogP contribution in [0.15, 0.2) is 35.5 Å². The zero-order valence-electron chi connectivity index (χ0n) is 11.0. The van der Waals surface area contributed by atoms with Crippen LogP contribution in [0.3, 0.4) is 0 Å². The fourth-order valence-electron chi connectivity index (χ4n) is 1.89. The summed E-state index contributed by atoms with van der Waals surface area (Å²) in [6.45, 7) is 1.90. The molecule has 1 unspecified atom stereocenters. The van der Waals surface area contributed by atoms with Crippen LogP contribution in [-0.4, -0.2) is 27.4 Å². The predicted octanol–water partition coefficient (Wildman–Crippen LogP) is 2.85. The number of fused-ring (bicyclic) bond motifs is 1. The molecule has 1 aromatic heterocycles. The van der Waals surface area contributed by atoms with E-state index in [1.54, 1.807) is 18.9 Å². The Kier molecular flexibility index (Phi) is 3.58. The Morgan fingerprint density at radius 2 is 2.15 bits per heavy atom. The zero-order valence-corrected chi connectivity index (χ0v) is 12.6. The molecular weight excluding hydrogens is 296 g/mol. The highest BCUT2D eigenvalue weighted by Crippen LogP contribution is 2.31. The smallest absolute Gasteiger partial charge is 0.212 e. The summed E-state index contributed by atoms with van der Waals surface area (Å²) in [6.07, 6.45) is 1.96. The SMILES string of the molecule is COc1ccc(/C(Cl)=C/C2Nn3c(C)nnc3S2)cc1. The van der Waals surface area contributed by atoms with Gasteiger partial charge in [0.15, 0.2) is 0 Å². The second-order valence-corrected chi connectivity index (χ2v) is 5.79. The molecule has 1 aliphatic rings. The first-order valence-corrected chi connectivity index (χ1v) is 7.30. The molecule has 7 heteroatoms. The molecule has 0 fully saturated rings. The standard InChI is InChI=1S/C13H13ClN4OS/c1-8-15-16-13-18(8)17-12(20-13)7-11(14)9-3-5-10(19-2)6-4-9/h3-7,12,17H,1-2H3/b11-7-. The highest BCUT2D eigenvalue weighted by atomic mass is 35.5. The summed E-state index contributed by atoms with van der Waals surface area (Å²) in [5.74, 6) is 1.65. The molecule has 0 radical (unpaired) electrons. The average molecular weight is 309 g/mol. The van der Waals surface area contributed by atoms with Gasteiger partial charge in [0.05, 0.1) is 7.11 Å². The topological polar surface area (TPSA) is 52.0 Å². The first-order chi connectivity index (χ1) is 9.67. The largest absolute Gasteiger partial charge is 0.497 e. The van der Waals surface area contributed by atoms with E-state index in [4.69, 9.17) is 16.3 Å². The summed E-state index contributed by atoms with van der Waals surface area (Å²) in [6, 6.07) is 7.64. The van der Waals surface area contributed by atoms with Crippen molar-refractivity contribution in [2.45, 2.75) is 17.5 Å². The molecule has 2 aromatic rings. The number of methoxy groups -OCH3 is 1. The van der Waals surface area contributed by atoms with Gasteiger partial charge in [-0.15, -0.1) is 10.2 Å². The van der Waals surface area contributed by atoms with Crippen molar-refractivity contribution >= 4 is 28.4 Å². The number of aryl methyl sites for hydroxylation is 1. The van der Waals surface area contributed by atoms with E-state index in [0.717, 1.165) is 22.3 Å². The van der Waals surface area contributed by atoms with E-state index in [9.17, 15) is 0 Å². The Morgan fingerprint density at radius 3 is 2.80 bits per heavy atom. The summed E-state index contributed by atoms with van der Waals surface area (Å²) in [5, 5.41) is 9.65. The predicted molar refractivity (Wildman–Crippen MR) is 80.6 cm³/mol. The lowest BCUT2D eigenvalue weighted by molar-refractivity contribution is 0.415. The van der Waals surface area contributed by atoms with Gasteiger partial charge in [-0.1, -0.05) is 23.4 Å². The van der Waals surface area contributed by atoms with Gasteiger partial charge in [0.2, 0.25) is 5.16 Å². The Hall–Kier alpha value is -1.66. The molecule has 1 atom stereocenters. The summed E-state index contributed by atoms with van der Waals surface area (Å²) >= 11 is 7.93. The van der Waals surface area contributed by atoms with Gasteiger partial charge < -0.3 is 10.2 Å². The van der Waals surface area contributed by atoms with Crippen LogP contribution in [0.5, 0.6) is 5.75 Å². The van der Waals surface area contributed by atoms with Gasteiger partial charge in [-0.2, -0.15) is 0 Å². The highest BCUT2D eigenvalue weighted by Gasteiger charge is 2.23. The Balaban J connectivity index is 1.76. The van der Waals surface area contributed by atoms with E-state index < -0.39 is 0 Å². The lowest BCUT2D eigenvalue weighted by Gasteiger charge is -2.08. The minimum Gasteiger partial charge on any atom is -0.497 e. The minimum atomic E-state index is 0.0498. The fraction of sp³-hybridized carbons (Fsp3) is 0.231. The van der Waals surface area contributed by atoms with Crippen LogP contribution >= 0.6 is 23.4 Å². The number of benzene rings is 1. The van der Waals surface area contributed by atoms with Crippen molar-refractivity contribution in [2.24, 2.45) is 0 Å². The zero-order chi connectivity index (χ0) is 14.1. The van der Waals surface area contributed by atoms with Crippen molar-refractivity contribution in [3.8, 4) is 5.75 Å². The number of aromatic nitrogens is 3. The second-order valence-electron chi connectivity index (χ2n) is 4.28. The Morgan fingerprint density at radius 1 is 1.40 bits per heavy atom. The molecule has 104 valence electrons. The molecule has 0 saturated carbocycles. The van der Waals surface area contributed by atoms with Crippen molar-refractivity contribution in [1.82, 2.24) is 14.9 Å². The monoisotopic (exact) mass is 308 g/mol. The third-order valence-corrected chi connectivity index (χ3v) is 4.26. The van der Waals surface area contributed by atoms with Crippen molar-refractivity contribution in [2.75, 3.05) is 12.5 Å². The second kappa shape index (κ2) is 5.38.